The molecule has 1 unspecified atom stereocenters. The molecule has 78 valence electrons. The summed E-state index contributed by atoms with van der Waals surface area (Å²) in [6.45, 7) is 2.90. The predicted octanol–water partition coefficient (Wildman–Crippen LogP) is 3.35. The summed E-state index contributed by atoms with van der Waals surface area (Å²) in [5.74, 6) is 1.08. The Morgan fingerprint density at radius 2 is 2.07 bits per heavy atom. The van der Waals surface area contributed by atoms with Gasteiger partial charge in [0.25, 0.3) is 0 Å². The highest BCUT2D eigenvalue weighted by atomic mass is 35.5. The molecule has 0 fully saturated rings. The second-order valence-electron chi connectivity index (χ2n) is 3.49. The Kier molecular flexibility index (Phi) is 4.99. The van der Waals surface area contributed by atoms with Crippen molar-refractivity contribution in [3.8, 4) is 0 Å². The van der Waals surface area contributed by atoms with E-state index in [1.165, 1.54) is 11.1 Å². The van der Waals surface area contributed by atoms with Gasteiger partial charge in [-0.2, -0.15) is 0 Å². The molecule has 1 nitrogen and oxygen atoms in total. The van der Waals surface area contributed by atoms with Crippen LogP contribution in [0, 0.1) is 6.92 Å². The molecule has 0 aromatic heterocycles. The molecule has 0 aliphatic carbocycles. The number of halogens is 1. The van der Waals surface area contributed by atoms with Crippen molar-refractivity contribution in [3.63, 3.8) is 0 Å². The first-order valence-corrected chi connectivity index (χ1v) is 5.43. The average molecular weight is 213 g/mol. The van der Waals surface area contributed by atoms with E-state index in [4.69, 9.17) is 16.3 Å². The molecular weight excluding hydrogens is 196 g/mol. The largest absolute Gasteiger partial charge is 0.385 e. The minimum Gasteiger partial charge on any atom is -0.385 e. The van der Waals surface area contributed by atoms with Crippen LogP contribution in [-0.4, -0.2) is 19.6 Å². The van der Waals surface area contributed by atoms with Crippen molar-refractivity contribution in [2.45, 2.75) is 19.3 Å². The summed E-state index contributed by atoms with van der Waals surface area (Å²) in [6.07, 6.45) is 0.991. The quantitative estimate of drug-likeness (QED) is 0.681. The van der Waals surface area contributed by atoms with Crippen molar-refractivity contribution in [2.75, 3.05) is 19.6 Å². The lowest BCUT2D eigenvalue weighted by Gasteiger charge is -2.16. The molecule has 0 aliphatic heterocycles. The zero-order valence-electron chi connectivity index (χ0n) is 8.79. The third kappa shape index (κ3) is 3.00. The number of benzene rings is 1. The van der Waals surface area contributed by atoms with E-state index in [0.717, 1.165) is 13.0 Å². The molecule has 1 atom stereocenters. The van der Waals surface area contributed by atoms with Crippen molar-refractivity contribution in [2.24, 2.45) is 0 Å². The fourth-order valence-corrected chi connectivity index (χ4v) is 1.94. The number of rotatable bonds is 5. The van der Waals surface area contributed by atoms with Crippen molar-refractivity contribution >= 4 is 11.6 Å². The van der Waals surface area contributed by atoms with Gasteiger partial charge in [0.2, 0.25) is 0 Å². The number of aryl methyl sites for hydroxylation is 1. The van der Waals surface area contributed by atoms with E-state index in [1.807, 2.05) is 0 Å². The van der Waals surface area contributed by atoms with Crippen molar-refractivity contribution in [1.82, 2.24) is 0 Å². The Labute approximate surface area is 91.0 Å². The minimum atomic E-state index is 0.415. The minimum absolute atomic E-state index is 0.415. The van der Waals surface area contributed by atoms with Crippen LogP contribution >= 0.6 is 11.6 Å². The lowest BCUT2D eigenvalue weighted by molar-refractivity contribution is 0.189. The van der Waals surface area contributed by atoms with E-state index < -0.39 is 0 Å². The summed E-state index contributed by atoms with van der Waals surface area (Å²) < 4.78 is 5.08. The lowest BCUT2D eigenvalue weighted by Crippen LogP contribution is -2.06. The van der Waals surface area contributed by atoms with Crippen LogP contribution in [0.5, 0.6) is 0 Å². The van der Waals surface area contributed by atoms with E-state index in [2.05, 4.69) is 31.2 Å². The molecule has 0 bridgehead atoms. The van der Waals surface area contributed by atoms with E-state index in [0.29, 0.717) is 11.8 Å². The van der Waals surface area contributed by atoms with Gasteiger partial charge in [0.05, 0.1) is 0 Å². The third-order valence-electron chi connectivity index (χ3n) is 2.48. The van der Waals surface area contributed by atoms with Gasteiger partial charge >= 0.3 is 0 Å². The van der Waals surface area contributed by atoms with Crippen LogP contribution in [0.1, 0.15) is 23.5 Å². The van der Waals surface area contributed by atoms with Gasteiger partial charge in [-0.15, -0.1) is 11.6 Å². The first-order valence-electron chi connectivity index (χ1n) is 4.90. The molecule has 0 spiro atoms. The second-order valence-corrected chi connectivity index (χ2v) is 3.80. The zero-order chi connectivity index (χ0) is 10.4. The van der Waals surface area contributed by atoms with Crippen molar-refractivity contribution in [3.05, 3.63) is 35.4 Å². The number of hydrogen-bond donors (Lipinski definition) is 0. The molecule has 0 heterocycles. The smallest absolute Gasteiger partial charge is 0.0468 e. The number of hydrogen-bond acceptors (Lipinski definition) is 1. The van der Waals surface area contributed by atoms with Crippen molar-refractivity contribution < 1.29 is 4.74 Å². The molecule has 1 aromatic rings. The van der Waals surface area contributed by atoms with Crippen LogP contribution in [0.3, 0.4) is 0 Å². The summed E-state index contributed by atoms with van der Waals surface area (Å²) in [4.78, 5) is 0. The molecule has 1 rings (SSSR count). The maximum Gasteiger partial charge on any atom is 0.0468 e. The molecule has 14 heavy (non-hydrogen) atoms. The lowest BCUT2D eigenvalue weighted by atomic mass is 9.94. The van der Waals surface area contributed by atoms with Crippen LogP contribution in [0.15, 0.2) is 24.3 Å². The maximum absolute atomic E-state index is 5.95. The second kappa shape index (κ2) is 6.05. The van der Waals surface area contributed by atoms with Crippen molar-refractivity contribution in [1.29, 1.82) is 0 Å². The topological polar surface area (TPSA) is 9.23 Å². The van der Waals surface area contributed by atoms with Gasteiger partial charge < -0.3 is 4.74 Å². The van der Waals surface area contributed by atoms with Crippen LogP contribution < -0.4 is 0 Å². The summed E-state index contributed by atoms with van der Waals surface area (Å²) >= 11 is 5.95. The molecule has 0 aliphatic rings. The molecule has 1 aromatic carbocycles. The van der Waals surface area contributed by atoms with Crippen LogP contribution in [-0.2, 0) is 4.74 Å². The van der Waals surface area contributed by atoms with E-state index >= 15 is 0 Å². The number of methoxy groups -OCH3 is 1. The molecule has 0 N–H and O–H groups in total. The summed E-state index contributed by atoms with van der Waals surface area (Å²) in [6, 6.07) is 8.40. The van der Waals surface area contributed by atoms with Gasteiger partial charge in [-0.3, -0.25) is 0 Å². The highest BCUT2D eigenvalue weighted by molar-refractivity contribution is 6.18. The summed E-state index contributed by atoms with van der Waals surface area (Å²) in [7, 11) is 1.73. The highest BCUT2D eigenvalue weighted by Crippen LogP contribution is 2.24. The zero-order valence-corrected chi connectivity index (χ0v) is 9.55. The van der Waals surface area contributed by atoms with Crippen LogP contribution in [0.2, 0.25) is 0 Å². The van der Waals surface area contributed by atoms with Gasteiger partial charge in [-0.25, -0.2) is 0 Å². The standard InChI is InChI=1S/C12H17ClO/c1-10-5-3-4-6-12(10)11(9-13)7-8-14-2/h3-6,11H,7-9H2,1-2H3. The van der Waals surface area contributed by atoms with E-state index in [-0.39, 0.29) is 0 Å². The van der Waals surface area contributed by atoms with Gasteiger partial charge in [0.15, 0.2) is 0 Å². The fraction of sp³-hybridized carbons (Fsp3) is 0.500. The number of alkyl halides is 1. The van der Waals surface area contributed by atoms with E-state index in [9.17, 15) is 0 Å². The predicted molar refractivity (Wildman–Crippen MR) is 61.1 cm³/mol. The molecule has 0 amide bonds. The molecule has 0 radical (unpaired) electrons. The Bertz CT molecular complexity index is 273. The average Bonchev–Trinajstić information content (AvgIpc) is 2.21. The van der Waals surface area contributed by atoms with E-state index in [1.54, 1.807) is 7.11 Å². The fourth-order valence-electron chi connectivity index (χ4n) is 1.62. The third-order valence-corrected chi connectivity index (χ3v) is 2.86. The molecule has 0 saturated heterocycles. The molecule has 2 heteroatoms. The normalized spacial score (nSPS) is 12.8. The van der Waals surface area contributed by atoms with Gasteiger partial charge in [0, 0.05) is 19.6 Å². The Hall–Kier alpha value is -0.530. The summed E-state index contributed by atoms with van der Waals surface area (Å²) in [5.41, 5.74) is 2.66. The first kappa shape index (κ1) is 11.5. The Morgan fingerprint density at radius 3 is 2.64 bits per heavy atom. The Morgan fingerprint density at radius 1 is 1.36 bits per heavy atom. The van der Waals surface area contributed by atoms with Crippen LogP contribution in [0.4, 0.5) is 0 Å². The SMILES string of the molecule is COCCC(CCl)c1ccccc1C. The van der Waals surface area contributed by atoms with Gasteiger partial charge in [0.1, 0.15) is 0 Å². The first-order chi connectivity index (χ1) is 6.79. The Balaban J connectivity index is 2.73. The van der Waals surface area contributed by atoms with Gasteiger partial charge in [-0.1, -0.05) is 24.3 Å². The number of ether oxygens (including phenoxy) is 1. The summed E-state index contributed by atoms with van der Waals surface area (Å²) in [5, 5.41) is 0. The molecule has 0 saturated carbocycles. The maximum atomic E-state index is 5.95. The highest BCUT2D eigenvalue weighted by Gasteiger charge is 2.11. The van der Waals surface area contributed by atoms with Crippen LogP contribution in [0.25, 0.3) is 0 Å². The van der Waals surface area contributed by atoms with Gasteiger partial charge in [-0.05, 0) is 30.4 Å². The molecular formula is C12H17ClO. The monoisotopic (exact) mass is 212 g/mol.